The van der Waals surface area contributed by atoms with Crippen molar-refractivity contribution in [3.05, 3.63) is 186 Å². The molecule has 9 rings (SSSR count). The van der Waals surface area contributed by atoms with Gasteiger partial charge in [-0.1, -0.05) is 153 Å². The first-order valence-corrected chi connectivity index (χ1v) is 16.8. The quantitative estimate of drug-likeness (QED) is 0.206. The minimum atomic E-state index is -0.168. The number of hydrogen-bond acceptors (Lipinski definition) is 4. The molecular weight excluding hydrogens is 597 g/mol. The number of anilines is 1. The maximum absolute atomic E-state index is 5.05. The molecule has 6 aromatic carbocycles. The van der Waals surface area contributed by atoms with Gasteiger partial charge in [0.15, 0.2) is 17.5 Å². The zero-order valence-electron chi connectivity index (χ0n) is 27.4. The summed E-state index contributed by atoms with van der Waals surface area (Å²) in [5, 5.41) is 3.90. The van der Waals surface area contributed by atoms with Crippen LogP contribution >= 0.6 is 0 Å². The normalized spacial score (nSPS) is 15.4. The summed E-state index contributed by atoms with van der Waals surface area (Å²) in [6.07, 6.45) is 2.40. The lowest BCUT2D eigenvalue weighted by molar-refractivity contribution is 0.658. The first-order valence-electron chi connectivity index (χ1n) is 16.8. The summed E-state index contributed by atoms with van der Waals surface area (Å²) in [5.74, 6) is 1.96. The molecule has 7 aromatic rings. The summed E-state index contributed by atoms with van der Waals surface area (Å²) >= 11 is 0. The molecule has 1 N–H and O–H groups in total. The third-order valence-electron chi connectivity index (χ3n) is 9.92. The SMILES string of the molecule is CC1(C)c2ccccc2-c2ccc3c(c21)C(c1cccc(-c2nc(-c4ccccc4)nc(-c4ccccc4)n2)c1)=CC(c1ccccc1)N3. The maximum Gasteiger partial charge on any atom is 0.164 e. The Morgan fingerprint density at radius 1 is 0.510 bits per heavy atom. The smallest absolute Gasteiger partial charge is 0.164 e. The number of hydrogen-bond donors (Lipinski definition) is 1. The zero-order chi connectivity index (χ0) is 33.0. The van der Waals surface area contributed by atoms with Crippen molar-refractivity contribution >= 4 is 11.3 Å². The summed E-state index contributed by atoms with van der Waals surface area (Å²) in [6, 6.07) is 53.1. The molecule has 4 nitrogen and oxygen atoms in total. The van der Waals surface area contributed by atoms with E-state index in [0.717, 1.165) is 27.9 Å². The Labute approximate surface area is 286 Å². The molecule has 1 atom stereocenters. The number of benzene rings is 6. The van der Waals surface area contributed by atoms with E-state index in [1.165, 1.54) is 39.0 Å². The van der Waals surface area contributed by atoms with E-state index in [0.29, 0.717) is 17.5 Å². The summed E-state index contributed by atoms with van der Waals surface area (Å²) in [7, 11) is 0. The molecule has 0 spiro atoms. The summed E-state index contributed by atoms with van der Waals surface area (Å²) in [5.41, 5.74) is 14.0. The third-order valence-corrected chi connectivity index (χ3v) is 9.92. The fourth-order valence-corrected chi connectivity index (χ4v) is 7.58. The van der Waals surface area contributed by atoms with Gasteiger partial charge >= 0.3 is 0 Å². The van der Waals surface area contributed by atoms with Crippen molar-refractivity contribution in [3.63, 3.8) is 0 Å². The van der Waals surface area contributed by atoms with E-state index in [1.807, 2.05) is 60.7 Å². The predicted octanol–water partition coefficient (Wildman–Crippen LogP) is 10.8. The summed E-state index contributed by atoms with van der Waals surface area (Å²) < 4.78 is 0. The van der Waals surface area contributed by atoms with Crippen LogP contribution in [0.5, 0.6) is 0 Å². The van der Waals surface area contributed by atoms with Crippen molar-refractivity contribution in [3.8, 4) is 45.3 Å². The van der Waals surface area contributed by atoms with Crippen molar-refractivity contribution in [1.29, 1.82) is 0 Å². The molecule has 234 valence electrons. The van der Waals surface area contributed by atoms with Gasteiger partial charge in [0.2, 0.25) is 0 Å². The van der Waals surface area contributed by atoms with Crippen LogP contribution < -0.4 is 5.32 Å². The topological polar surface area (TPSA) is 50.7 Å². The van der Waals surface area contributed by atoms with Gasteiger partial charge in [-0.2, -0.15) is 0 Å². The highest BCUT2D eigenvalue weighted by atomic mass is 15.0. The van der Waals surface area contributed by atoms with Crippen molar-refractivity contribution < 1.29 is 0 Å². The second-order valence-electron chi connectivity index (χ2n) is 13.3. The molecule has 0 radical (unpaired) electrons. The highest BCUT2D eigenvalue weighted by Crippen LogP contribution is 2.55. The molecule has 49 heavy (non-hydrogen) atoms. The van der Waals surface area contributed by atoms with Crippen molar-refractivity contribution in [2.45, 2.75) is 25.3 Å². The van der Waals surface area contributed by atoms with E-state index in [4.69, 9.17) is 15.0 Å². The molecule has 2 aliphatic rings. The van der Waals surface area contributed by atoms with E-state index in [2.05, 4.69) is 116 Å². The van der Waals surface area contributed by atoms with Crippen LogP contribution in [-0.4, -0.2) is 15.0 Å². The van der Waals surface area contributed by atoms with E-state index in [-0.39, 0.29) is 11.5 Å². The van der Waals surface area contributed by atoms with Gasteiger partial charge in [0.1, 0.15) is 0 Å². The number of fused-ring (bicyclic) bond motifs is 5. The number of nitrogens with one attached hydrogen (secondary N) is 1. The molecule has 0 amide bonds. The molecule has 4 heteroatoms. The van der Waals surface area contributed by atoms with Gasteiger partial charge in [0.05, 0.1) is 6.04 Å². The van der Waals surface area contributed by atoms with Crippen LogP contribution in [0, 0.1) is 0 Å². The summed E-state index contributed by atoms with van der Waals surface area (Å²) in [4.78, 5) is 15.0. The van der Waals surface area contributed by atoms with E-state index < -0.39 is 0 Å². The fraction of sp³-hybridized carbons (Fsp3) is 0.0889. The van der Waals surface area contributed by atoms with Crippen LogP contribution in [0.15, 0.2) is 158 Å². The van der Waals surface area contributed by atoms with E-state index in [1.54, 1.807) is 0 Å². The standard InChI is InChI=1S/C45H34N4/c1-45(2)37-24-13-12-23-34(37)35-25-26-38-40(41(35)45)36(28-39(46-38)29-15-6-3-7-16-29)32-21-14-22-33(27-32)44-48-42(30-17-8-4-9-18-30)47-43(49-44)31-19-10-5-11-20-31/h3-28,39,46H,1-2H3. The second kappa shape index (κ2) is 11.5. The highest BCUT2D eigenvalue weighted by molar-refractivity contribution is 5.97. The number of rotatable bonds is 5. The lowest BCUT2D eigenvalue weighted by Gasteiger charge is -2.33. The maximum atomic E-state index is 5.05. The Hall–Kier alpha value is -6.13. The average molecular weight is 631 g/mol. The highest BCUT2D eigenvalue weighted by Gasteiger charge is 2.40. The van der Waals surface area contributed by atoms with E-state index >= 15 is 0 Å². The molecule has 0 saturated carbocycles. The van der Waals surface area contributed by atoms with Crippen molar-refractivity contribution in [2.75, 3.05) is 5.32 Å². The Morgan fingerprint density at radius 2 is 1.06 bits per heavy atom. The van der Waals surface area contributed by atoms with E-state index in [9.17, 15) is 0 Å². The van der Waals surface area contributed by atoms with Crippen LogP contribution in [0.2, 0.25) is 0 Å². The molecule has 0 saturated heterocycles. The molecule has 0 fully saturated rings. The Kier molecular flexibility index (Phi) is 6.84. The lowest BCUT2D eigenvalue weighted by Crippen LogP contribution is -2.22. The summed E-state index contributed by atoms with van der Waals surface area (Å²) in [6.45, 7) is 4.71. The van der Waals surface area contributed by atoms with Gasteiger partial charge in [-0.3, -0.25) is 0 Å². The fourth-order valence-electron chi connectivity index (χ4n) is 7.58. The van der Waals surface area contributed by atoms with Crippen LogP contribution in [0.1, 0.15) is 47.7 Å². The van der Waals surface area contributed by atoms with Gasteiger partial charge in [0.25, 0.3) is 0 Å². The van der Waals surface area contributed by atoms with Crippen LogP contribution in [0.25, 0.3) is 50.9 Å². The van der Waals surface area contributed by atoms with Gasteiger partial charge in [-0.15, -0.1) is 0 Å². The van der Waals surface area contributed by atoms with Crippen LogP contribution in [-0.2, 0) is 5.41 Å². The van der Waals surface area contributed by atoms with Crippen LogP contribution in [0.3, 0.4) is 0 Å². The van der Waals surface area contributed by atoms with Gasteiger partial charge in [0, 0.05) is 33.4 Å². The lowest BCUT2D eigenvalue weighted by atomic mass is 9.76. The third kappa shape index (κ3) is 4.96. The van der Waals surface area contributed by atoms with Gasteiger partial charge < -0.3 is 5.32 Å². The molecule has 1 unspecified atom stereocenters. The van der Waals surface area contributed by atoms with Gasteiger partial charge in [-0.05, 0) is 57.2 Å². The number of aromatic nitrogens is 3. The van der Waals surface area contributed by atoms with Crippen molar-refractivity contribution in [2.24, 2.45) is 0 Å². The molecule has 1 aliphatic carbocycles. The molecule has 2 heterocycles. The first-order chi connectivity index (χ1) is 24.0. The zero-order valence-corrected chi connectivity index (χ0v) is 27.4. The Bertz CT molecular complexity index is 2320. The van der Waals surface area contributed by atoms with Gasteiger partial charge in [-0.25, -0.2) is 15.0 Å². The Balaban J connectivity index is 1.24. The predicted molar refractivity (Wildman–Crippen MR) is 200 cm³/mol. The average Bonchev–Trinajstić information content (AvgIpc) is 3.41. The molecule has 0 bridgehead atoms. The second-order valence-corrected chi connectivity index (χ2v) is 13.3. The van der Waals surface area contributed by atoms with Crippen LogP contribution in [0.4, 0.5) is 5.69 Å². The molecule has 1 aromatic heterocycles. The van der Waals surface area contributed by atoms with Crippen molar-refractivity contribution in [1.82, 2.24) is 15.0 Å². The largest absolute Gasteiger partial charge is 0.374 e. The first kappa shape index (κ1) is 29.0. The minimum Gasteiger partial charge on any atom is -0.374 e. The Morgan fingerprint density at radius 3 is 1.73 bits per heavy atom. The molecular formula is C45H34N4. The minimum absolute atomic E-state index is 0.0174. The number of nitrogens with zero attached hydrogens (tertiary/aromatic N) is 3. The molecule has 1 aliphatic heterocycles. The monoisotopic (exact) mass is 630 g/mol.